The highest BCUT2D eigenvalue weighted by Crippen LogP contribution is 2.38. The van der Waals surface area contributed by atoms with Crippen LogP contribution in [0.5, 0.6) is 0 Å². The number of hydrogen-bond donors (Lipinski definition) is 26. The maximum Gasteiger partial charge on any atom is 0.364 e. The molecule has 540 valence electrons. The minimum atomic E-state index is -3.03. The molecule has 0 aromatic rings. The smallest absolute Gasteiger partial charge is 0.364 e. The Morgan fingerprint density at radius 3 is 1.45 bits per heavy atom. The van der Waals surface area contributed by atoms with E-state index < -0.39 is 297 Å². The normalized spacial score (nSPS) is 43.6. The molecule has 6 aliphatic heterocycles. The molecular weight excluding hydrogens is 1280 g/mol. The summed E-state index contributed by atoms with van der Waals surface area (Å²) in [6.07, 6.45) is -66.1. The van der Waals surface area contributed by atoms with Crippen molar-refractivity contribution in [2.24, 2.45) is 0 Å². The number of aliphatic carboxylic acids is 1. The van der Waals surface area contributed by atoms with E-state index in [1.807, 2.05) is 0 Å². The van der Waals surface area contributed by atoms with Crippen LogP contribution in [0.3, 0.4) is 0 Å². The van der Waals surface area contributed by atoms with Gasteiger partial charge >= 0.3 is 5.97 Å². The first-order valence-electron chi connectivity index (χ1n) is 29.2. The van der Waals surface area contributed by atoms with Gasteiger partial charge in [-0.1, -0.05) is 0 Å². The van der Waals surface area contributed by atoms with Gasteiger partial charge < -0.3 is 190 Å². The minimum Gasteiger partial charge on any atom is -0.477 e. The second-order valence-electron chi connectivity index (χ2n) is 23.0. The monoisotopic (exact) mass is 1370 g/mol. The Balaban J connectivity index is 1.27. The van der Waals surface area contributed by atoms with Crippen LogP contribution in [0, 0.1) is 0 Å². The first kappa shape index (κ1) is 78.5. The van der Waals surface area contributed by atoms with Crippen molar-refractivity contribution in [1.82, 2.24) is 16.0 Å². The zero-order valence-electron chi connectivity index (χ0n) is 49.8. The Kier molecular flexibility index (Phi) is 29.0. The van der Waals surface area contributed by atoms with Gasteiger partial charge in [0.25, 0.3) is 5.79 Å². The molecule has 6 fully saturated rings. The second kappa shape index (κ2) is 34.3. The number of nitrogens with one attached hydrogen (secondary N) is 3. The third kappa shape index (κ3) is 18.1. The predicted octanol–water partition coefficient (Wildman–Crippen LogP) is -17.0. The fourth-order valence-electron chi connectivity index (χ4n) is 11.3. The third-order valence-electron chi connectivity index (χ3n) is 16.3. The number of ether oxygens (including phenoxy) is 12. The van der Waals surface area contributed by atoms with Crippen LogP contribution < -0.4 is 16.0 Å². The fraction of sp³-hybridized carbons (Fsp3) is 0.922. The van der Waals surface area contributed by atoms with Gasteiger partial charge in [0.15, 0.2) is 31.5 Å². The lowest BCUT2D eigenvalue weighted by atomic mass is 9.88. The van der Waals surface area contributed by atoms with Gasteiger partial charge in [-0.3, -0.25) is 14.4 Å². The van der Waals surface area contributed by atoms with Crippen LogP contribution in [0.4, 0.5) is 0 Å². The number of carbonyl (C=O) groups excluding carboxylic acids is 3. The van der Waals surface area contributed by atoms with Crippen molar-refractivity contribution in [3.8, 4) is 0 Å². The zero-order chi connectivity index (χ0) is 69.4. The summed E-state index contributed by atoms with van der Waals surface area (Å²) in [6.45, 7) is -6.12. The van der Waals surface area contributed by atoms with E-state index in [0.29, 0.717) is 0 Å². The molecule has 0 bridgehead atoms. The molecule has 0 spiro atoms. The van der Waals surface area contributed by atoms with Gasteiger partial charge in [0, 0.05) is 27.2 Å². The highest BCUT2D eigenvalue weighted by atomic mass is 16.8. The quantitative estimate of drug-likeness (QED) is 0.0331. The van der Waals surface area contributed by atoms with Crippen LogP contribution in [-0.2, 0) is 76.0 Å². The van der Waals surface area contributed by atoms with Gasteiger partial charge in [-0.25, -0.2) is 4.79 Å². The van der Waals surface area contributed by atoms with Gasteiger partial charge in [-0.05, 0) is 0 Å². The largest absolute Gasteiger partial charge is 0.477 e. The van der Waals surface area contributed by atoms with E-state index in [1.54, 1.807) is 0 Å². The average molecular weight is 1370 g/mol. The third-order valence-corrected chi connectivity index (χ3v) is 16.3. The van der Waals surface area contributed by atoms with Crippen LogP contribution in [-0.4, -0.2) is 408 Å². The molecule has 42 heteroatoms. The Labute approximate surface area is 526 Å². The van der Waals surface area contributed by atoms with Crippen LogP contribution in [0.1, 0.15) is 27.2 Å². The molecule has 1 unspecified atom stereocenters. The maximum absolute atomic E-state index is 12.8. The molecular formula is C51H87N3O39. The Morgan fingerprint density at radius 1 is 0.462 bits per heavy atom. The Bertz CT molecular complexity index is 2360. The maximum atomic E-state index is 12.8. The van der Waals surface area contributed by atoms with Gasteiger partial charge in [-0.15, -0.1) is 0 Å². The molecule has 93 heavy (non-hydrogen) atoms. The SMILES string of the molecule is CC(=O)N[C@H]1[C@H](OC[C@H]2O[C@@H](O[C@@H]([C@H](O)[C@@H](O)CO)[C@H](O)CO)[C@H](O)[C@@H](OC3O[C@H](CO)[C@@H](O)[C@H](O[C@@H]4O[C@H](CO)[C@H](O)[C@H](O)[C@H]4O)[C@H]3NC(C)=O)[C@H]2O)O[C@H](CO)[C@@H](O[C@@H]2O[C@H](CO[C@]3(C(=O)O)C[C@H](O)[C@@H](NC(C)=O)[C@H]([C@H](O)[C@H](O)CO)O3)[C@H](O)[C@H](O)[C@H]2O)[C@@H]1O. The number of aliphatic hydroxyl groups excluding tert-OH is 22. The molecule has 0 saturated carbocycles. The van der Waals surface area contributed by atoms with Gasteiger partial charge in [-0.2, -0.15) is 0 Å². The molecule has 0 radical (unpaired) electrons. The number of carboxylic acid groups (broad SMARTS) is 1. The van der Waals surface area contributed by atoms with Gasteiger partial charge in [0.2, 0.25) is 17.7 Å². The molecule has 0 aromatic heterocycles. The Morgan fingerprint density at radius 2 is 0.914 bits per heavy atom. The standard InChI is InChI=1S/C51H87N3O39/c1-13(61)52-25-16(64)4-51(50(80)81,93-43(25)29(69)18(66)6-56)83-12-24-31(71)36(76)38(78)48(88-24)90-41-22(10-60)86-45(26(34(41)74)53-14(2)62)82-11-23-33(73)44(39(79)49(87-23)89-40(19(67)7-57)28(68)17(65)5-55)92-46-27(54-15(3)63)42(32(72)21(9-59)84-46)91-47-37(77)35(75)30(70)20(8-58)85-47/h16-49,55-60,64-79H,4-12H2,1-3H3,(H,52,61)(H,53,62)(H,54,63)(H,80,81)/t16-,17-,18+,19+,20+,21+,22+,23+,24+,25+,26+,27+,28+,29+,30-,31-,32+,33-,34+,35-,36-,37+,38+,39+,40+,41+,42+,43+,44-,45+,46?,47-,48-,49-,51+/m0/s1. The topological polar surface area (TPSA) is 680 Å². The van der Waals surface area contributed by atoms with E-state index in [2.05, 4.69) is 16.0 Å². The van der Waals surface area contributed by atoms with Crippen LogP contribution in [0.15, 0.2) is 0 Å². The molecule has 6 rings (SSSR count). The summed E-state index contributed by atoms with van der Waals surface area (Å²) >= 11 is 0. The van der Waals surface area contributed by atoms with Crippen molar-refractivity contribution in [1.29, 1.82) is 0 Å². The molecule has 35 atom stereocenters. The lowest BCUT2D eigenvalue weighted by Crippen LogP contribution is -2.70. The minimum absolute atomic E-state index is 0.813. The van der Waals surface area contributed by atoms with Gasteiger partial charge in [0.05, 0.1) is 65.0 Å². The summed E-state index contributed by atoms with van der Waals surface area (Å²) in [5.74, 6) is -7.71. The summed E-state index contributed by atoms with van der Waals surface area (Å²) < 4.78 is 69.2. The van der Waals surface area contributed by atoms with Crippen molar-refractivity contribution in [2.45, 2.75) is 241 Å². The number of aliphatic hydroxyl groups is 22. The van der Waals surface area contributed by atoms with Crippen LogP contribution in [0.25, 0.3) is 0 Å². The van der Waals surface area contributed by atoms with E-state index in [-0.39, 0.29) is 0 Å². The van der Waals surface area contributed by atoms with Crippen molar-refractivity contribution >= 4 is 23.7 Å². The van der Waals surface area contributed by atoms with E-state index in [1.165, 1.54) is 0 Å². The van der Waals surface area contributed by atoms with Gasteiger partial charge in [0.1, 0.15) is 165 Å². The van der Waals surface area contributed by atoms with E-state index in [0.717, 1.165) is 20.8 Å². The first-order valence-corrected chi connectivity index (χ1v) is 29.2. The Hall–Kier alpha value is -3.48. The van der Waals surface area contributed by atoms with Crippen molar-refractivity contribution in [3.63, 3.8) is 0 Å². The zero-order valence-corrected chi connectivity index (χ0v) is 49.8. The molecule has 26 N–H and O–H groups in total. The van der Waals surface area contributed by atoms with Crippen molar-refractivity contribution in [3.05, 3.63) is 0 Å². The second-order valence-corrected chi connectivity index (χ2v) is 23.0. The molecule has 0 aliphatic carbocycles. The van der Waals surface area contributed by atoms with E-state index in [4.69, 9.17) is 56.8 Å². The van der Waals surface area contributed by atoms with Crippen LogP contribution >= 0.6 is 0 Å². The molecule has 0 aromatic carbocycles. The highest BCUT2D eigenvalue weighted by molar-refractivity contribution is 5.77. The molecule has 3 amide bonds. The predicted molar refractivity (Wildman–Crippen MR) is 286 cm³/mol. The molecule has 6 heterocycles. The van der Waals surface area contributed by atoms with E-state index in [9.17, 15) is 137 Å². The van der Waals surface area contributed by atoms with Crippen molar-refractivity contribution < 1.29 is 193 Å². The summed E-state index contributed by atoms with van der Waals surface area (Å²) in [6, 6.07) is -5.39. The summed E-state index contributed by atoms with van der Waals surface area (Å²) in [4.78, 5) is 50.5. The molecule has 42 nitrogen and oxygen atoms in total. The number of carbonyl (C=O) groups is 4. The molecule has 6 saturated heterocycles. The number of carboxylic acids is 1. The van der Waals surface area contributed by atoms with Crippen LogP contribution in [0.2, 0.25) is 0 Å². The summed E-state index contributed by atoms with van der Waals surface area (Å²) in [5, 5.41) is 254. The lowest BCUT2D eigenvalue weighted by Gasteiger charge is -2.50. The number of amides is 3. The molecule has 6 aliphatic rings. The average Bonchev–Trinajstić information content (AvgIpc) is 0.803. The van der Waals surface area contributed by atoms with E-state index >= 15 is 0 Å². The summed E-state index contributed by atoms with van der Waals surface area (Å²) in [7, 11) is 0. The number of rotatable bonds is 29. The lowest BCUT2D eigenvalue weighted by molar-refractivity contribution is -0.377. The highest BCUT2D eigenvalue weighted by Gasteiger charge is 2.60. The van der Waals surface area contributed by atoms with Crippen molar-refractivity contribution in [2.75, 3.05) is 52.9 Å². The summed E-state index contributed by atoms with van der Waals surface area (Å²) in [5.41, 5.74) is 0. The fourth-order valence-corrected chi connectivity index (χ4v) is 11.3. The number of hydrogen-bond acceptors (Lipinski definition) is 38. The first-order chi connectivity index (χ1) is 43.7.